The Balaban J connectivity index is 2.46. The molecule has 2 aromatic rings. The van der Waals surface area contributed by atoms with Gasteiger partial charge in [0.15, 0.2) is 0 Å². The van der Waals surface area contributed by atoms with Gasteiger partial charge in [0, 0.05) is 5.39 Å². The predicted octanol–water partition coefficient (Wildman–Crippen LogP) is 3.39. The van der Waals surface area contributed by atoms with E-state index in [0.29, 0.717) is 0 Å². The molecular formula is C11H12O. The Labute approximate surface area is 72.0 Å². The second-order valence-electron chi connectivity index (χ2n) is 3.04. The lowest BCUT2D eigenvalue weighted by molar-refractivity contribution is 0.616. The molecule has 2 rings (SSSR count). The lowest BCUT2D eigenvalue weighted by Crippen LogP contribution is -1.80. The molecule has 0 aliphatic carbocycles. The van der Waals surface area contributed by atoms with Crippen LogP contribution in [0.1, 0.15) is 18.9 Å². The second-order valence-corrected chi connectivity index (χ2v) is 3.04. The fraction of sp³-hybridized carbons (Fsp3) is 0.273. The predicted molar refractivity (Wildman–Crippen MR) is 50.2 cm³/mol. The second kappa shape index (κ2) is 3.02. The third-order valence-corrected chi connectivity index (χ3v) is 2.06. The summed E-state index contributed by atoms with van der Waals surface area (Å²) in [7, 11) is 0. The first kappa shape index (κ1) is 7.41. The molecule has 0 aliphatic heterocycles. The van der Waals surface area contributed by atoms with E-state index in [9.17, 15) is 0 Å². The SMILES string of the molecule is CCCc1ccc2occc2c1. The molecule has 0 aliphatic rings. The Morgan fingerprint density at radius 2 is 2.17 bits per heavy atom. The van der Waals surface area contributed by atoms with E-state index in [-0.39, 0.29) is 0 Å². The van der Waals surface area contributed by atoms with Crippen LogP contribution >= 0.6 is 0 Å². The molecule has 0 radical (unpaired) electrons. The first-order chi connectivity index (χ1) is 5.90. The van der Waals surface area contributed by atoms with Gasteiger partial charge < -0.3 is 4.42 Å². The summed E-state index contributed by atoms with van der Waals surface area (Å²) in [6.07, 6.45) is 4.09. The normalized spacial score (nSPS) is 10.8. The van der Waals surface area contributed by atoms with Crippen molar-refractivity contribution in [3.63, 3.8) is 0 Å². The maximum absolute atomic E-state index is 5.25. The zero-order valence-electron chi connectivity index (χ0n) is 7.21. The quantitative estimate of drug-likeness (QED) is 0.656. The van der Waals surface area contributed by atoms with E-state index < -0.39 is 0 Å². The summed E-state index contributed by atoms with van der Waals surface area (Å²) in [5.74, 6) is 0. The Bertz CT molecular complexity index is 373. The Morgan fingerprint density at radius 3 is 3.00 bits per heavy atom. The van der Waals surface area contributed by atoms with Gasteiger partial charge >= 0.3 is 0 Å². The number of hydrogen-bond donors (Lipinski definition) is 0. The third-order valence-electron chi connectivity index (χ3n) is 2.06. The monoisotopic (exact) mass is 160 g/mol. The van der Waals surface area contributed by atoms with Crippen LogP contribution in [0.15, 0.2) is 34.9 Å². The van der Waals surface area contributed by atoms with Gasteiger partial charge in [0.05, 0.1) is 6.26 Å². The van der Waals surface area contributed by atoms with Crippen molar-refractivity contribution in [1.82, 2.24) is 0 Å². The molecule has 0 bridgehead atoms. The summed E-state index contributed by atoms with van der Waals surface area (Å²) in [5.41, 5.74) is 2.38. The van der Waals surface area contributed by atoms with Gasteiger partial charge in [0.2, 0.25) is 0 Å². The number of fused-ring (bicyclic) bond motifs is 1. The van der Waals surface area contributed by atoms with Crippen molar-refractivity contribution in [2.75, 3.05) is 0 Å². The molecule has 0 atom stereocenters. The smallest absolute Gasteiger partial charge is 0.133 e. The minimum absolute atomic E-state index is 0.981. The molecular weight excluding hydrogens is 148 g/mol. The van der Waals surface area contributed by atoms with E-state index in [1.54, 1.807) is 6.26 Å². The van der Waals surface area contributed by atoms with Crippen LogP contribution in [0.25, 0.3) is 11.0 Å². The molecule has 1 heteroatoms. The zero-order chi connectivity index (χ0) is 8.39. The highest BCUT2D eigenvalue weighted by atomic mass is 16.3. The van der Waals surface area contributed by atoms with Crippen molar-refractivity contribution in [1.29, 1.82) is 0 Å². The number of rotatable bonds is 2. The molecule has 0 saturated heterocycles. The van der Waals surface area contributed by atoms with Gasteiger partial charge in [-0.3, -0.25) is 0 Å². The van der Waals surface area contributed by atoms with Crippen LogP contribution in [0.2, 0.25) is 0 Å². The lowest BCUT2D eigenvalue weighted by atomic mass is 10.1. The summed E-state index contributed by atoms with van der Waals surface area (Å²) in [6.45, 7) is 2.19. The number of benzene rings is 1. The van der Waals surface area contributed by atoms with Gasteiger partial charge in [0.1, 0.15) is 5.58 Å². The summed E-state index contributed by atoms with van der Waals surface area (Å²) >= 11 is 0. The van der Waals surface area contributed by atoms with Crippen molar-refractivity contribution in [2.24, 2.45) is 0 Å². The highest BCUT2D eigenvalue weighted by Crippen LogP contribution is 2.17. The highest BCUT2D eigenvalue weighted by Gasteiger charge is 1.96. The molecule has 1 aromatic heterocycles. The largest absolute Gasteiger partial charge is 0.464 e. The van der Waals surface area contributed by atoms with Crippen LogP contribution in [0, 0.1) is 0 Å². The molecule has 0 unspecified atom stereocenters. The maximum Gasteiger partial charge on any atom is 0.133 e. The molecule has 1 heterocycles. The Hall–Kier alpha value is -1.24. The maximum atomic E-state index is 5.25. The van der Waals surface area contributed by atoms with Crippen molar-refractivity contribution >= 4 is 11.0 Å². The van der Waals surface area contributed by atoms with E-state index >= 15 is 0 Å². The summed E-state index contributed by atoms with van der Waals surface area (Å²) < 4.78 is 5.25. The fourth-order valence-electron chi connectivity index (χ4n) is 1.46. The van der Waals surface area contributed by atoms with Crippen LogP contribution in [0.3, 0.4) is 0 Å². The van der Waals surface area contributed by atoms with Crippen LogP contribution in [-0.4, -0.2) is 0 Å². The van der Waals surface area contributed by atoms with Crippen LogP contribution in [0.5, 0.6) is 0 Å². The van der Waals surface area contributed by atoms with Gasteiger partial charge in [-0.1, -0.05) is 19.4 Å². The number of aryl methyl sites for hydroxylation is 1. The van der Waals surface area contributed by atoms with E-state index in [1.165, 1.54) is 17.4 Å². The van der Waals surface area contributed by atoms with Crippen molar-refractivity contribution in [3.05, 3.63) is 36.1 Å². The van der Waals surface area contributed by atoms with Crippen LogP contribution < -0.4 is 0 Å². The molecule has 0 N–H and O–H groups in total. The molecule has 1 nitrogen and oxygen atoms in total. The van der Waals surface area contributed by atoms with Gasteiger partial charge in [-0.2, -0.15) is 0 Å². The third kappa shape index (κ3) is 1.22. The van der Waals surface area contributed by atoms with Crippen molar-refractivity contribution in [3.8, 4) is 0 Å². The molecule has 62 valence electrons. The van der Waals surface area contributed by atoms with E-state index in [4.69, 9.17) is 4.42 Å². The zero-order valence-corrected chi connectivity index (χ0v) is 7.21. The van der Waals surface area contributed by atoms with Gasteiger partial charge in [0.25, 0.3) is 0 Å². The Kier molecular flexibility index (Phi) is 1.86. The van der Waals surface area contributed by atoms with E-state index in [1.807, 2.05) is 12.1 Å². The Morgan fingerprint density at radius 1 is 1.25 bits per heavy atom. The fourth-order valence-corrected chi connectivity index (χ4v) is 1.46. The summed E-state index contributed by atoms with van der Waals surface area (Å²) in [4.78, 5) is 0. The topological polar surface area (TPSA) is 13.1 Å². The van der Waals surface area contributed by atoms with Crippen LogP contribution in [-0.2, 0) is 6.42 Å². The van der Waals surface area contributed by atoms with Gasteiger partial charge in [-0.05, 0) is 30.2 Å². The number of hydrogen-bond acceptors (Lipinski definition) is 1. The molecule has 0 amide bonds. The minimum Gasteiger partial charge on any atom is -0.464 e. The summed E-state index contributed by atoms with van der Waals surface area (Å²) in [5, 5.41) is 1.21. The number of furan rings is 1. The first-order valence-corrected chi connectivity index (χ1v) is 4.36. The summed E-state index contributed by atoms with van der Waals surface area (Å²) in [6, 6.07) is 8.38. The lowest BCUT2D eigenvalue weighted by Gasteiger charge is -1.96. The van der Waals surface area contributed by atoms with Crippen molar-refractivity contribution in [2.45, 2.75) is 19.8 Å². The molecule has 0 spiro atoms. The van der Waals surface area contributed by atoms with Crippen LogP contribution in [0.4, 0.5) is 0 Å². The van der Waals surface area contributed by atoms with E-state index in [0.717, 1.165) is 12.0 Å². The molecule has 0 fully saturated rings. The average molecular weight is 160 g/mol. The minimum atomic E-state index is 0.981. The van der Waals surface area contributed by atoms with Gasteiger partial charge in [-0.15, -0.1) is 0 Å². The molecule has 0 saturated carbocycles. The van der Waals surface area contributed by atoms with Gasteiger partial charge in [-0.25, -0.2) is 0 Å². The standard InChI is InChI=1S/C11H12O/c1-2-3-9-4-5-11-10(8-9)6-7-12-11/h4-8H,2-3H2,1H3. The highest BCUT2D eigenvalue weighted by molar-refractivity contribution is 5.77. The molecule has 1 aromatic carbocycles. The average Bonchev–Trinajstić information content (AvgIpc) is 2.51. The van der Waals surface area contributed by atoms with Crippen molar-refractivity contribution < 1.29 is 4.42 Å². The molecule has 12 heavy (non-hydrogen) atoms. The van der Waals surface area contributed by atoms with E-state index in [2.05, 4.69) is 19.1 Å². The first-order valence-electron chi connectivity index (χ1n) is 4.36.